The number of hydrogen-bond donors (Lipinski definition) is 0. The van der Waals surface area contributed by atoms with E-state index in [4.69, 9.17) is 4.98 Å². The zero-order chi connectivity index (χ0) is 32.2. The highest BCUT2D eigenvalue weighted by Crippen LogP contribution is 2.45. The summed E-state index contributed by atoms with van der Waals surface area (Å²) in [6, 6.07) is 29.9. The van der Waals surface area contributed by atoms with Crippen molar-refractivity contribution in [3.8, 4) is 32.8 Å². The number of thiophene rings is 1. The van der Waals surface area contributed by atoms with Crippen LogP contribution in [0.4, 0.5) is 0 Å². The minimum atomic E-state index is 0.0295. The van der Waals surface area contributed by atoms with E-state index in [0.717, 1.165) is 5.69 Å². The van der Waals surface area contributed by atoms with Gasteiger partial charge in [-0.3, -0.25) is 4.98 Å². The Morgan fingerprint density at radius 3 is 1.87 bits per heavy atom. The van der Waals surface area contributed by atoms with Crippen LogP contribution in [0.5, 0.6) is 0 Å². The molecule has 0 unspecified atom stereocenters. The lowest BCUT2D eigenvalue weighted by atomic mass is 9.81. The van der Waals surface area contributed by atoms with Gasteiger partial charge in [-0.1, -0.05) is 123 Å². The molecule has 0 aliphatic heterocycles. The third kappa shape index (κ3) is 5.74. The average Bonchev–Trinajstić information content (AvgIpc) is 3.35. The molecule has 0 radical (unpaired) electrons. The van der Waals surface area contributed by atoms with E-state index in [0.29, 0.717) is 17.8 Å². The summed E-state index contributed by atoms with van der Waals surface area (Å²) in [6.45, 7) is 23.1. The molecular formula is C43H47NS. The highest BCUT2D eigenvalue weighted by atomic mass is 32.1. The molecule has 0 spiro atoms. The van der Waals surface area contributed by atoms with Gasteiger partial charge in [-0.05, 0) is 109 Å². The van der Waals surface area contributed by atoms with Gasteiger partial charge < -0.3 is 0 Å². The predicted molar refractivity (Wildman–Crippen MR) is 199 cm³/mol. The topological polar surface area (TPSA) is 12.9 Å². The molecule has 0 aliphatic rings. The van der Waals surface area contributed by atoms with Gasteiger partial charge in [-0.2, -0.15) is 0 Å². The van der Waals surface area contributed by atoms with Crippen LogP contribution < -0.4 is 0 Å². The van der Waals surface area contributed by atoms with E-state index in [1.807, 2.05) is 17.5 Å². The molecule has 2 heterocycles. The fourth-order valence-electron chi connectivity index (χ4n) is 6.77. The molecule has 0 saturated heterocycles. The summed E-state index contributed by atoms with van der Waals surface area (Å²) in [5, 5.41) is 3.89. The zero-order valence-corrected chi connectivity index (χ0v) is 29.5. The van der Waals surface area contributed by atoms with Gasteiger partial charge in [0.2, 0.25) is 0 Å². The summed E-state index contributed by atoms with van der Waals surface area (Å²) in [7, 11) is 0. The molecule has 2 aromatic heterocycles. The zero-order valence-electron chi connectivity index (χ0n) is 28.7. The number of hydrogen-bond acceptors (Lipinski definition) is 2. The summed E-state index contributed by atoms with van der Waals surface area (Å²) >= 11 is 1.88. The van der Waals surface area contributed by atoms with Crippen molar-refractivity contribution in [2.75, 3.05) is 0 Å². The maximum atomic E-state index is 4.99. The molecule has 0 amide bonds. The Hall–Kier alpha value is -3.75. The molecule has 230 valence electrons. The van der Waals surface area contributed by atoms with Crippen molar-refractivity contribution in [3.63, 3.8) is 0 Å². The molecule has 0 aliphatic carbocycles. The van der Waals surface area contributed by atoms with E-state index in [2.05, 4.69) is 148 Å². The molecule has 45 heavy (non-hydrogen) atoms. The van der Waals surface area contributed by atoms with Crippen molar-refractivity contribution < 1.29 is 0 Å². The predicted octanol–water partition coefficient (Wildman–Crippen LogP) is 13.4. The summed E-state index contributed by atoms with van der Waals surface area (Å²) in [5.41, 5.74) is 13.3. The Balaban J connectivity index is 1.47. The van der Waals surface area contributed by atoms with Crippen LogP contribution in [0.15, 0.2) is 85.1 Å². The second-order valence-corrected chi connectivity index (χ2v) is 15.7. The first-order valence-electron chi connectivity index (χ1n) is 16.6. The van der Waals surface area contributed by atoms with Crippen LogP contribution in [0.25, 0.3) is 53.7 Å². The van der Waals surface area contributed by atoms with Crippen LogP contribution in [-0.4, -0.2) is 4.98 Å². The van der Waals surface area contributed by atoms with Crippen molar-refractivity contribution in [1.29, 1.82) is 0 Å². The number of fused-ring (bicyclic) bond motifs is 2. The van der Waals surface area contributed by atoms with Crippen molar-refractivity contribution in [1.82, 2.24) is 4.98 Å². The summed E-state index contributed by atoms with van der Waals surface area (Å²) < 4.78 is 1.26. The van der Waals surface area contributed by atoms with E-state index < -0.39 is 0 Å². The van der Waals surface area contributed by atoms with Gasteiger partial charge >= 0.3 is 0 Å². The molecule has 2 heteroatoms. The lowest BCUT2D eigenvalue weighted by molar-refractivity contribution is 0.596. The van der Waals surface area contributed by atoms with Crippen molar-refractivity contribution >= 4 is 32.2 Å². The normalized spacial score (nSPS) is 12.4. The number of aryl methyl sites for hydroxylation is 1. The van der Waals surface area contributed by atoms with E-state index in [1.54, 1.807) is 0 Å². The van der Waals surface area contributed by atoms with Gasteiger partial charge in [0.25, 0.3) is 0 Å². The Morgan fingerprint density at radius 1 is 0.644 bits per heavy atom. The van der Waals surface area contributed by atoms with Gasteiger partial charge in [0.15, 0.2) is 0 Å². The van der Waals surface area contributed by atoms with Crippen LogP contribution >= 0.6 is 11.3 Å². The number of pyridine rings is 1. The monoisotopic (exact) mass is 609 g/mol. The SMILES string of the molecule is Cc1c(-c2ccc(-c3c(C(C)C)cc(C(C)C)cc3C(C)C)cc2)sc2c(-c3cc(C(C)(C)C)c4ccccc4c3)nccc12. The molecule has 0 saturated carbocycles. The minimum absolute atomic E-state index is 0.0295. The van der Waals surface area contributed by atoms with Crippen molar-refractivity contribution in [3.05, 3.63) is 113 Å². The molecule has 0 bridgehead atoms. The second kappa shape index (κ2) is 11.9. The van der Waals surface area contributed by atoms with E-state index >= 15 is 0 Å². The fourth-order valence-corrected chi connectivity index (χ4v) is 8.09. The first-order valence-corrected chi connectivity index (χ1v) is 17.4. The largest absolute Gasteiger partial charge is 0.255 e. The van der Waals surface area contributed by atoms with Crippen LogP contribution in [0.2, 0.25) is 0 Å². The first-order chi connectivity index (χ1) is 21.3. The lowest BCUT2D eigenvalue weighted by Gasteiger charge is -2.23. The third-order valence-corrected chi connectivity index (χ3v) is 10.7. The number of rotatable bonds is 6. The highest BCUT2D eigenvalue weighted by Gasteiger charge is 2.22. The fraction of sp³-hybridized carbons (Fsp3) is 0.326. The molecule has 6 rings (SSSR count). The average molecular weight is 610 g/mol. The minimum Gasteiger partial charge on any atom is -0.255 e. The van der Waals surface area contributed by atoms with E-state index in [1.165, 1.54) is 75.8 Å². The lowest BCUT2D eigenvalue weighted by Crippen LogP contribution is -2.12. The molecular weight excluding hydrogens is 563 g/mol. The highest BCUT2D eigenvalue weighted by molar-refractivity contribution is 7.23. The van der Waals surface area contributed by atoms with Crippen LogP contribution in [0.3, 0.4) is 0 Å². The summed E-state index contributed by atoms with van der Waals surface area (Å²) in [5.74, 6) is 1.43. The Kier molecular flexibility index (Phi) is 8.25. The van der Waals surface area contributed by atoms with Crippen molar-refractivity contribution in [2.24, 2.45) is 0 Å². The van der Waals surface area contributed by atoms with Gasteiger partial charge in [0.05, 0.1) is 10.4 Å². The molecule has 0 N–H and O–H groups in total. The van der Waals surface area contributed by atoms with E-state index in [-0.39, 0.29) is 5.41 Å². The smallest absolute Gasteiger partial charge is 0.0880 e. The third-order valence-electron chi connectivity index (χ3n) is 9.36. The first kappa shape index (κ1) is 31.2. The molecule has 0 fully saturated rings. The van der Waals surface area contributed by atoms with Gasteiger partial charge in [0.1, 0.15) is 0 Å². The Morgan fingerprint density at radius 2 is 1.27 bits per heavy atom. The summed E-state index contributed by atoms with van der Waals surface area (Å²) in [6.07, 6.45) is 1.98. The van der Waals surface area contributed by atoms with Crippen molar-refractivity contribution in [2.45, 2.75) is 92.4 Å². The molecule has 1 nitrogen and oxygen atoms in total. The second-order valence-electron chi connectivity index (χ2n) is 14.7. The number of nitrogens with zero attached hydrogens (tertiary/aromatic N) is 1. The maximum absolute atomic E-state index is 4.99. The van der Waals surface area contributed by atoms with Crippen LogP contribution in [0, 0.1) is 6.92 Å². The molecule has 6 aromatic rings. The molecule has 4 aromatic carbocycles. The standard InChI is InChI=1S/C43H47NS/c1-25(2)32-22-36(26(3)4)39(37(23-32)27(5)6)29-15-17-30(18-16-29)41-28(7)34-19-20-44-40(42(34)45-41)33-21-31-13-11-12-14-35(31)38(24-33)43(8,9)10/h11-27H,1-10H3. The maximum Gasteiger partial charge on any atom is 0.0880 e. The van der Waals surface area contributed by atoms with Crippen LogP contribution in [-0.2, 0) is 5.41 Å². The summed E-state index contributed by atoms with van der Waals surface area (Å²) in [4.78, 5) is 6.32. The van der Waals surface area contributed by atoms with Gasteiger partial charge in [-0.15, -0.1) is 11.3 Å². The number of benzene rings is 4. The number of aromatic nitrogens is 1. The van der Waals surface area contributed by atoms with Gasteiger partial charge in [0, 0.05) is 16.6 Å². The Bertz CT molecular complexity index is 1980. The quantitative estimate of drug-likeness (QED) is 0.183. The molecule has 0 atom stereocenters. The van der Waals surface area contributed by atoms with E-state index in [9.17, 15) is 0 Å². The van der Waals surface area contributed by atoms with Crippen LogP contribution in [0.1, 0.15) is 108 Å². The van der Waals surface area contributed by atoms with Gasteiger partial charge in [-0.25, -0.2) is 0 Å². The Labute approximate surface area is 274 Å².